The van der Waals surface area contributed by atoms with Crippen molar-refractivity contribution in [3.8, 4) is 11.1 Å². The molecule has 3 rings (SSSR count). The van der Waals surface area contributed by atoms with Crippen molar-refractivity contribution in [2.75, 3.05) is 0 Å². The summed E-state index contributed by atoms with van der Waals surface area (Å²) in [5.74, 6) is 0.165. The van der Waals surface area contributed by atoms with E-state index in [-0.39, 0.29) is 18.2 Å². The number of hydrogen-bond donors (Lipinski definition) is 1. The SMILES string of the molecule is C=C(c1ccc(CC)cc1)c1ccccc1-c1c(C)noc1[C@@H](C)CC(N)=O. The highest BCUT2D eigenvalue weighted by Gasteiger charge is 2.24. The molecule has 0 unspecified atom stereocenters. The predicted octanol–water partition coefficient (Wildman–Crippen LogP) is 5.25. The van der Waals surface area contributed by atoms with Crippen LogP contribution in [0, 0.1) is 6.92 Å². The second kappa shape index (κ2) is 8.26. The van der Waals surface area contributed by atoms with Crippen molar-refractivity contribution in [3.63, 3.8) is 0 Å². The van der Waals surface area contributed by atoms with Gasteiger partial charge in [-0.05, 0) is 41.2 Å². The van der Waals surface area contributed by atoms with E-state index in [9.17, 15) is 4.79 Å². The van der Waals surface area contributed by atoms with Crippen molar-refractivity contribution in [1.29, 1.82) is 0 Å². The third-order valence-electron chi connectivity index (χ3n) is 5.08. The number of nitrogens with zero attached hydrogens (tertiary/aromatic N) is 1. The fraction of sp³-hybridized carbons (Fsp3) is 0.250. The zero-order chi connectivity index (χ0) is 20.3. The van der Waals surface area contributed by atoms with Gasteiger partial charge in [-0.2, -0.15) is 0 Å². The molecule has 0 spiro atoms. The molecule has 2 aromatic carbocycles. The van der Waals surface area contributed by atoms with E-state index < -0.39 is 0 Å². The maximum Gasteiger partial charge on any atom is 0.218 e. The zero-order valence-corrected chi connectivity index (χ0v) is 16.7. The van der Waals surface area contributed by atoms with Gasteiger partial charge in [0.25, 0.3) is 0 Å². The Morgan fingerprint density at radius 1 is 1.18 bits per heavy atom. The largest absolute Gasteiger partial charge is 0.370 e. The van der Waals surface area contributed by atoms with E-state index >= 15 is 0 Å². The van der Waals surface area contributed by atoms with Gasteiger partial charge in [-0.3, -0.25) is 4.79 Å². The third-order valence-corrected chi connectivity index (χ3v) is 5.08. The van der Waals surface area contributed by atoms with Crippen LogP contribution in [-0.2, 0) is 11.2 Å². The van der Waals surface area contributed by atoms with Gasteiger partial charge in [0.05, 0.1) is 5.69 Å². The number of aryl methyl sites for hydroxylation is 2. The van der Waals surface area contributed by atoms with Crippen molar-refractivity contribution in [2.24, 2.45) is 5.73 Å². The van der Waals surface area contributed by atoms with Gasteiger partial charge in [-0.25, -0.2) is 0 Å². The molecule has 1 amide bonds. The molecule has 28 heavy (non-hydrogen) atoms. The zero-order valence-electron chi connectivity index (χ0n) is 16.7. The van der Waals surface area contributed by atoms with Crippen LogP contribution in [0.15, 0.2) is 59.6 Å². The molecule has 1 heterocycles. The molecule has 0 radical (unpaired) electrons. The van der Waals surface area contributed by atoms with Gasteiger partial charge >= 0.3 is 0 Å². The van der Waals surface area contributed by atoms with Gasteiger partial charge in [-0.1, -0.05) is 74.1 Å². The summed E-state index contributed by atoms with van der Waals surface area (Å²) >= 11 is 0. The summed E-state index contributed by atoms with van der Waals surface area (Å²) < 4.78 is 5.60. The van der Waals surface area contributed by atoms with Crippen molar-refractivity contribution in [1.82, 2.24) is 5.16 Å². The van der Waals surface area contributed by atoms with Crippen LogP contribution in [-0.4, -0.2) is 11.1 Å². The Bertz CT molecular complexity index is 1000. The molecular weight excluding hydrogens is 348 g/mol. The Labute approximate surface area is 166 Å². The Balaban J connectivity index is 2.07. The smallest absolute Gasteiger partial charge is 0.218 e. The molecule has 3 aromatic rings. The molecule has 0 bridgehead atoms. The first-order chi connectivity index (χ1) is 13.4. The molecule has 0 saturated heterocycles. The quantitative estimate of drug-likeness (QED) is 0.614. The summed E-state index contributed by atoms with van der Waals surface area (Å²) in [4.78, 5) is 11.4. The highest BCUT2D eigenvalue weighted by atomic mass is 16.5. The number of carbonyl (C=O) groups is 1. The molecule has 144 valence electrons. The minimum Gasteiger partial charge on any atom is -0.370 e. The lowest BCUT2D eigenvalue weighted by atomic mass is 9.88. The van der Waals surface area contributed by atoms with Crippen LogP contribution < -0.4 is 5.73 Å². The van der Waals surface area contributed by atoms with Crippen molar-refractivity contribution in [3.05, 3.63) is 83.3 Å². The maximum atomic E-state index is 11.4. The number of rotatable bonds is 7. The molecule has 0 aliphatic rings. The summed E-state index contributed by atoms with van der Waals surface area (Å²) in [7, 11) is 0. The Kier molecular flexibility index (Phi) is 5.78. The summed E-state index contributed by atoms with van der Waals surface area (Å²) in [5.41, 5.74) is 12.4. The van der Waals surface area contributed by atoms with Gasteiger partial charge < -0.3 is 10.3 Å². The van der Waals surface area contributed by atoms with Crippen LogP contribution in [0.4, 0.5) is 0 Å². The second-order valence-electron chi connectivity index (χ2n) is 7.15. The van der Waals surface area contributed by atoms with Crippen molar-refractivity contribution in [2.45, 2.75) is 39.5 Å². The molecule has 0 aliphatic heterocycles. The fourth-order valence-corrected chi connectivity index (χ4v) is 3.51. The van der Waals surface area contributed by atoms with Crippen LogP contribution in [0.5, 0.6) is 0 Å². The van der Waals surface area contributed by atoms with Gasteiger partial charge in [0.15, 0.2) is 0 Å². The molecule has 0 fully saturated rings. The number of hydrogen-bond acceptors (Lipinski definition) is 3. The molecule has 1 atom stereocenters. The van der Waals surface area contributed by atoms with Gasteiger partial charge in [0, 0.05) is 17.9 Å². The second-order valence-corrected chi connectivity index (χ2v) is 7.15. The summed E-state index contributed by atoms with van der Waals surface area (Å²) in [6.45, 7) is 10.3. The Morgan fingerprint density at radius 3 is 2.50 bits per heavy atom. The number of aromatic nitrogens is 1. The molecular formula is C24H26N2O2. The summed E-state index contributed by atoms with van der Waals surface area (Å²) in [5, 5.41) is 4.16. The van der Waals surface area contributed by atoms with Crippen LogP contribution >= 0.6 is 0 Å². The van der Waals surface area contributed by atoms with Crippen LogP contribution in [0.3, 0.4) is 0 Å². The molecule has 4 heteroatoms. The average molecular weight is 374 g/mol. The first-order valence-corrected chi connectivity index (χ1v) is 9.54. The van der Waals surface area contributed by atoms with E-state index in [1.807, 2.05) is 32.0 Å². The van der Waals surface area contributed by atoms with Crippen molar-refractivity contribution < 1.29 is 9.32 Å². The number of carbonyl (C=O) groups excluding carboxylic acids is 1. The minimum atomic E-state index is -0.360. The maximum absolute atomic E-state index is 11.4. The normalized spacial score (nSPS) is 12.0. The van der Waals surface area contributed by atoms with E-state index in [2.05, 4.69) is 49.0 Å². The molecule has 0 saturated carbocycles. The standard InChI is InChI=1S/C24H26N2O2/c1-5-18-10-12-19(13-11-18)16(3)20-8-6-7-9-21(20)23-17(4)26-28-24(23)15(2)14-22(25)27/h6-13,15H,3,5,14H2,1-2,4H3,(H2,25,27)/t15-/m0/s1. The molecule has 1 aromatic heterocycles. The van der Waals surface area contributed by atoms with Gasteiger partial charge in [0.2, 0.25) is 5.91 Å². The Morgan fingerprint density at radius 2 is 1.86 bits per heavy atom. The molecule has 2 N–H and O–H groups in total. The number of benzene rings is 2. The topological polar surface area (TPSA) is 69.1 Å². The van der Waals surface area contributed by atoms with Crippen LogP contribution in [0.2, 0.25) is 0 Å². The Hall–Kier alpha value is -3.14. The number of primary amides is 1. The molecule has 4 nitrogen and oxygen atoms in total. The first-order valence-electron chi connectivity index (χ1n) is 9.54. The number of nitrogens with two attached hydrogens (primary N) is 1. The minimum absolute atomic E-state index is 0.154. The lowest BCUT2D eigenvalue weighted by Gasteiger charge is -2.15. The first kappa shape index (κ1) is 19.6. The van der Waals surface area contributed by atoms with E-state index in [1.165, 1.54) is 5.56 Å². The van der Waals surface area contributed by atoms with E-state index in [4.69, 9.17) is 10.3 Å². The summed E-state index contributed by atoms with van der Waals surface area (Å²) in [6.07, 6.45) is 1.22. The van der Waals surface area contributed by atoms with Gasteiger partial charge in [0.1, 0.15) is 5.76 Å². The highest BCUT2D eigenvalue weighted by Crippen LogP contribution is 2.38. The fourth-order valence-electron chi connectivity index (χ4n) is 3.51. The van der Waals surface area contributed by atoms with E-state index in [0.29, 0.717) is 5.76 Å². The predicted molar refractivity (Wildman–Crippen MR) is 113 cm³/mol. The highest BCUT2D eigenvalue weighted by molar-refractivity contribution is 5.89. The van der Waals surface area contributed by atoms with E-state index in [1.54, 1.807) is 0 Å². The summed E-state index contributed by atoms with van der Waals surface area (Å²) in [6, 6.07) is 16.6. The van der Waals surface area contributed by atoms with Crippen LogP contribution in [0.1, 0.15) is 54.3 Å². The average Bonchev–Trinajstić information content (AvgIpc) is 3.08. The van der Waals surface area contributed by atoms with Gasteiger partial charge in [-0.15, -0.1) is 0 Å². The lowest BCUT2D eigenvalue weighted by Crippen LogP contribution is -2.13. The lowest BCUT2D eigenvalue weighted by molar-refractivity contribution is -0.118. The molecule has 0 aliphatic carbocycles. The van der Waals surface area contributed by atoms with Crippen molar-refractivity contribution >= 4 is 11.5 Å². The van der Waals surface area contributed by atoms with E-state index in [0.717, 1.165) is 39.9 Å². The number of amides is 1. The third kappa shape index (κ3) is 3.91. The van der Waals surface area contributed by atoms with Crippen LogP contribution in [0.25, 0.3) is 16.7 Å². The monoisotopic (exact) mass is 374 g/mol.